The normalized spacial score (nSPS) is 12.4. The number of nitrogens with zero attached hydrogens (tertiary/aromatic N) is 3. The quantitative estimate of drug-likeness (QED) is 0.862. The summed E-state index contributed by atoms with van der Waals surface area (Å²) < 4.78 is 1.95. The molecular formula is C15H22N4. The zero-order valence-electron chi connectivity index (χ0n) is 11.9. The predicted molar refractivity (Wildman–Crippen MR) is 79.0 cm³/mol. The molecule has 1 N–H and O–H groups in total. The van der Waals surface area contributed by atoms with Crippen LogP contribution in [0.5, 0.6) is 0 Å². The van der Waals surface area contributed by atoms with Gasteiger partial charge in [0.15, 0.2) is 5.82 Å². The Hall–Kier alpha value is -1.84. The molecule has 0 fully saturated rings. The van der Waals surface area contributed by atoms with Crippen LogP contribution >= 0.6 is 0 Å². The average molecular weight is 258 g/mol. The molecule has 1 atom stereocenters. The molecule has 0 saturated heterocycles. The van der Waals surface area contributed by atoms with E-state index in [2.05, 4.69) is 47.6 Å². The fourth-order valence-electron chi connectivity index (χ4n) is 2.28. The van der Waals surface area contributed by atoms with E-state index in [1.54, 1.807) is 6.33 Å². The molecule has 0 spiro atoms. The van der Waals surface area contributed by atoms with Gasteiger partial charge in [0.25, 0.3) is 0 Å². The molecule has 2 aromatic rings. The molecule has 0 amide bonds. The van der Waals surface area contributed by atoms with Crippen LogP contribution in [0.3, 0.4) is 0 Å². The smallest absolute Gasteiger partial charge is 0.165 e. The Kier molecular flexibility index (Phi) is 4.55. The molecule has 0 aliphatic rings. The van der Waals surface area contributed by atoms with E-state index >= 15 is 0 Å². The highest BCUT2D eigenvalue weighted by atomic mass is 15.2. The van der Waals surface area contributed by atoms with Crippen molar-refractivity contribution in [1.82, 2.24) is 14.8 Å². The first kappa shape index (κ1) is 13.6. The first-order chi connectivity index (χ1) is 9.26. The van der Waals surface area contributed by atoms with Crippen LogP contribution < -0.4 is 5.32 Å². The van der Waals surface area contributed by atoms with Crippen LogP contribution in [0.4, 0.5) is 5.69 Å². The van der Waals surface area contributed by atoms with E-state index < -0.39 is 0 Å². The highest BCUT2D eigenvalue weighted by molar-refractivity contribution is 5.73. The molecule has 4 heteroatoms. The molecule has 19 heavy (non-hydrogen) atoms. The Labute approximate surface area is 114 Å². The Morgan fingerprint density at radius 3 is 2.68 bits per heavy atom. The van der Waals surface area contributed by atoms with Gasteiger partial charge in [-0.05, 0) is 25.0 Å². The molecule has 1 aromatic carbocycles. The summed E-state index contributed by atoms with van der Waals surface area (Å²) in [5.74, 6) is 0.898. The molecule has 1 unspecified atom stereocenters. The minimum absolute atomic E-state index is 0.513. The van der Waals surface area contributed by atoms with Crippen molar-refractivity contribution in [2.45, 2.75) is 39.2 Å². The lowest BCUT2D eigenvalue weighted by molar-refractivity contribution is 0.623. The molecule has 0 aliphatic carbocycles. The number of hydrogen-bond donors (Lipinski definition) is 1. The lowest BCUT2D eigenvalue weighted by atomic mass is 10.1. The van der Waals surface area contributed by atoms with Crippen LogP contribution in [0.2, 0.25) is 0 Å². The second-order valence-corrected chi connectivity index (χ2v) is 4.85. The van der Waals surface area contributed by atoms with Gasteiger partial charge >= 0.3 is 0 Å². The highest BCUT2D eigenvalue weighted by Crippen LogP contribution is 2.27. The second kappa shape index (κ2) is 6.36. The fourth-order valence-corrected chi connectivity index (χ4v) is 2.28. The zero-order valence-corrected chi connectivity index (χ0v) is 11.9. The summed E-state index contributed by atoms with van der Waals surface area (Å²) >= 11 is 0. The number of aromatic nitrogens is 3. The maximum absolute atomic E-state index is 4.20. The highest BCUT2D eigenvalue weighted by Gasteiger charge is 2.12. The number of anilines is 1. The van der Waals surface area contributed by atoms with Gasteiger partial charge in [0.2, 0.25) is 0 Å². The fraction of sp³-hybridized carbons (Fsp3) is 0.467. The van der Waals surface area contributed by atoms with Gasteiger partial charge in [0.1, 0.15) is 6.33 Å². The summed E-state index contributed by atoms with van der Waals surface area (Å²) in [4.78, 5) is 0. The summed E-state index contributed by atoms with van der Waals surface area (Å²) in [6.07, 6.45) is 5.23. The monoisotopic (exact) mass is 258 g/mol. The summed E-state index contributed by atoms with van der Waals surface area (Å²) in [7, 11) is 1.97. The number of benzene rings is 1. The zero-order chi connectivity index (χ0) is 13.7. The molecular weight excluding hydrogens is 236 g/mol. The topological polar surface area (TPSA) is 42.7 Å². The summed E-state index contributed by atoms with van der Waals surface area (Å²) in [5, 5.41) is 11.8. The Bertz CT molecular complexity index is 518. The maximum atomic E-state index is 4.20. The second-order valence-electron chi connectivity index (χ2n) is 4.85. The van der Waals surface area contributed by atoms with E-state index in [0.29, 0.717) is 6.04 Å². The van der Waals surface area contributed by atoms with Gasteiger partial charge in [-0.25, -0.2) is 0 Å². The van der Waals surface area contributed by atoms with Crippen LogP contribution in [-0.4, -0.2) is 20.8 Å². The van der Waals surface area contributed by atoms with Crippen LogP contribution in [0, 0.1) is 0 Å². The molecule has 0 bridgehead atoms. The number of para-hydroxylation sites is 1. The molecule has 2 rings (SSSR count). The first-order valence-corrected chi connectivity index (χ1v) is 6.96. The SMILES string of the molecule is CCCC(CC)Nc1ccccc1-c1nncn1C. The van der Waals surface area contributed by atoms with Crippen LogP contribution in [-0.2, 0) is 7.05 Å². The minimum Gasteiger partial charge on any atom is -0.382 e. The largest absolute Gasteiger partial charge is 0.382 e. The van der Waals surface area contributed by atoms with E-state index in [4.69, 9.17) is 0 Å². The Balaban J connectivity index is 2.29. The van der Waals surface area contributed by atoms with Crippen molar-refractivity contribution < 1.29 is 0 Å². The molecule has 0 radical (unpaired) electrons. The van der Waals surface area contributed by atoms with Gasteiger partial charge in [0.05, 0.1) is 0 Å². The van der Waals surface area contributed by atoms with Crippen molar-refractivity contribution in [2.24, 2.45) is 7.05 Å². The lowest BCUT2D eigenvalue weighted by Gasteiger charge is -2.19. The molecule has 0 aliphatic heterocycles. The predicted octanol–water partition coefficient (Wildman–Crippen LogP) is 3.47. The Morgan fingerprint density at radius 2 is 2.05 bits per heavy atom. The van der Waals surface area contributed by atoms with E-state index in [1.165, 1.54) is 12.8 Å². The molecule has 1 aromatic heterocycles. The third-order valence-electron chi connectivity index (χ3n) is 3.37. The van der Waals surface area contributed by atoms with E-state index in [-0.39, 0.29) is 0 Å². The summed E-state index contributed by atoms with van der Waals surface area (Å²) in [5.41, 5.74) is 2.25. The first-order valence-electron chi connectivity index (χ1n) is 6.96. The van der Waals surface area contributed by atoms with Crippen LogP contribution in [0.1, 0.15) is 33.1 Å². The van der Waals surface area contributed by atoms with Gasteiger partial charge in [-0.2, -0.15) is 0 Å². The molecule has 4 nitrogen and oxygen atoms in total. The third-order valence-corrected chi connectivity index (χ3v) is 3.37. The van der Waals surface area contributed by atoms with Gasteiger partial charge in [-0.3, -0.25) is 0 Å². The number of nitrogens with one attached hydrogen (secondary N) is 1. The van der Waals surface area contributed by atoms with Crippen LogP contribution in [0.25, 0.3) is 11.4 Å². The van der Waals surface area contributed by atoms with Gasteiger partial charge in [-0.15, -0.1) is 10.2 Å². The van der Waals surface area contributed by atoms with Crippen molar-refractivity contribution in [3.8, 4) is 11.4 Å². The van der Waals surface area contributed by atoms with Crippen LogP contribution in [0.15, 0.2) is 30.6 Å². The molecule has 0 saturated carbocycles. The van der Waals surface area contributed by atoms with E-state index in [9.17, 15) is 0 Å². The van der Waals surface area contributed by atoms with Crippen molar-refractivity contribution in [2.75, 3.05) is 5.32 Å². The minimum atomic E-state index is 0.513. The van der Waals surface area contributed by atoms with E-state index in [1.807, 2.05) is 17.7 Å². The van der Waals surface area contributed by atoms with Crippen molar-refractivity contribution in [3.63, 3.8) is 0 Å². The van der Waals surface area contributed by atoms with E-state index in [0.717, 1.165) is 23.5 Å². The number of aryl methyl sites for hydroxylation is 1. The average Bonchev–Trinajstić information content (AvgIpc) is 2.85. The Morgan fingerprint density at radius 1 is 1.26 bits per heavy atom. The number of hydrogen-bond acceptors (Lipinski definition) is 3. The van der Waals surface area contributed by atoms with Gasteiger partial charge in [-0.1, -0.05) is 32.4 Å². The molecule has 1 heterocycles. The van der Waals surface area contributed by atoms with Gasteiger partial charge < -0.3 is 9.88 Å². The van der Waals surface area contributed by atoms with Crippen molar-refractivity contribution >= 4 is 5.69 Å². The maximum Gasteiger partial charge on any atom is 0.165 e. The summed E-state index contributed by atoms with van der Waals surface area (Å²) in [6.45, 7) is 4.44. The molecule has 102 valence electrons. The lowest BCUT2D eigenvalue weighted by Crippen LogP contribution is -2.18. The third kappa shape index (κ3) is 3.13. The number of rotatable bonds is 6. The summed E-state index contributed by atoms with van der Waals surface area (Å²) in [6, 6.07) is 8.81. The van der Waals surface area contributed by atoms with Crippen molar-refractivity contribution in [3.05, 3.63) is 30.6 Å². The van der Waals surface area contributed by atoms with Gasteiger partial charge in [0, 0.05) is 24.3 Å². The standard InChI is InChI=1S/C15H22N4/c1-4-8-12(5-2)17-14-10-7-6-9-13(14)15-18-16-11-19(15)3/h6-7,9-12,17H,4-5,8H2,1-3H3. The van der Waals surface area contributed by atoms with Crippen molar-refractivity contribution in [1.29, 1.82) is 0 Å².